The van der Waals surface area contributed by atoms with Gasteiger partial charge >= 0.3 is 0 Å². The predicted molar refractivity (Wildman–Crippen MR) is 128 cm³/mol. The molecule has 2 aromatic heterocycles. The summed E-state index contributed by atoms with van der Waals surface area (Å²) in [5, 5.41) is 15.8. The molecule has 0 fully saturated rings. The van der Waals surface area contributed by atoms with E-state index in [2.05, 4.69) is 29.4 Å². The minimum absolute atomic E-state index is 0.124. The summed E-state index contributed by atoms with van der Waals surface area (Å²) < 4.78 is 7.66. The van der Waals surface area contributed by atoms with Crippen molar-refractivity contribution in [3.05, 3.63) is 77.4 Å². The smallest absolute Gasteiger partial charge is 0.120 e. The highest BCUT2D eigenvalue weighted by atomic mass is 35.5. The first-order chi connectivity index (χ1) is 14.7. The van der Waals surface area contributed by atoms with Crippen molar-refractivity contribution in [2.45, 2.75) is 39.4 Å². The van der Waals surface area contributed by atoms with Gasteiger partial charge in [0.2, 0.25) is 0 Å². The number of nitrogens with zero attached hydrogens (tertiary/aromatic N) is 2. The van der Waals surface area contributed by atoms with Crippen LogP contribution in [0.2, 0.25) is 5.02 Å². The lowest BCUT2D eigenvalue weighted by Gasteiger charge is -2.13. The fourth-order valence-electron chi connectivity index (χ4n) is 3.29. The van der Waals surface area contributed by atoms with Crippen molar-refractivity contribution in [3.63, 3.8) is 0 Å². The quantitative estimate of drug-likeness (QED) is 0.344. The molecule has 0 spiro atoms. The van der Waals surface area contributed by atoms with Gasteiger partial charge in [0.15, 0.2) is 0 Å². The van der Waals surface area contributed by atoms with Crippen LogP contribution in [0.25, 0.3) is 26.7 Å². The molecule has 0 aliphatic heterocycles. The molecule has 0 aliphatic carbocycles. The van der Waals surface area contributed by atoms with Gasteiger partial charge in [-0.05, 0) is 75.7 Å². The van der Waals surface area contributed by atoms with E-state index in [0.29, 0.717) is 10.7 Å². The highest BCUT2D eigenvalue weighted by molar-refractivity contribution is 7.18. The first-order valence-corrected chi connectivity index (χ1v) is 11.4. The normalized spacial score (nSPS) is 11.8. The number of benzene rings is 2. The van der Waals surface area contributed by atoms with Crippen LogP contribution in [-0.2, 0) is 5.60 Å². The van der Waals surface area contributed by atoms with Crippen molar-refractivity contribution in [1.29, 1.82) is 0 Å². The Hall–Kier alpha value is -2.60. The molecule has 4 aromatic rings. The Balaban J connectivity index is 1.78. The van der Waals surface area contributed by atoms with E-state index in [1.54, 1.807) is 25.2 Å². The maximum absolute atomic E-state index is 10.6. The standard InChI is InChI=1S/C25H25ClN2O2S/c1-16(2)30-18-9-7-8-17(14-18)22-12-13-23(31-22)21-15-24(25(3,4)29)27-28(21)20-11-6-5-10-19(20)26/h5-16,29H,1-4H3. The number of aliphatic hydroxyl groups is 1. The molecule has 4 rings (SSSR count). The predicted octanol–water partition coefficient (Wildman–Crippen LogP) is 6.94. The minimum atomic E-state index is -1.07. The number of halogens is 1. The summed E-state index contributed by atoms with van der Waals surface area (Å²) in [6.45, 7) is 7.50. The molecule has 0 atom stereocenters. The minimum Gasteiger partial charge on any atom is -0.491 e. The fourth-order valence-corrected chi connectivity index (χ4v) is 4.51. The maximum Gasteiger partial charge on any atom is 0.120 e. The van der Waals surface area contributed by atoms with Crippen LogP contribution in [0.5, 0.6) is 5.75 Å². The third kappa shape index (κ3) is 4.69. The van der Waals surface area contributed by atoms with Gasteiger partial charge in [0.25, 0.3) is 0 Å². The fraction of sp³-hybridized carbons (Fsp3) is 0.240. The molecule has 2 aromatic carbocycles. The van der Waals surface area contributed by atoms with Crippen LogP contribution in [0.3, 0.4) is 0 Å². The van der Waals surface area contributed by atoms with Gasteiger partial charge in [-0.3, -0.25) is 0 Å². The van der Waals surface area contributed by atoms with Crippen molar-refractivity contribution in [2.75, 3.05) is 0 Å². The molecule has 31 heavy (non-hydrogen) atoms. The molecule has 0 saturated carbocycles. The molecule has 0 saturated heterocycles. The first kappa shape index (κ1) is 21.6. The lowest BCUT2D eigenvalue weighted by atomic mass is 10.1. The SMILES string of the molecule is CC(C)Oc1cccc(-c2ccc(-c3cc(C(C)(C)O)nn3-c3ccccc3Cl)s2)c1. The molecular weight excluding hydrogens is 428 g/mol. The molecular formula is C25H25ClN2O2S. The van der Waals surface area contributed by atoms with Gasteiger partial charge in [0.05, 0.1) is 33.1 Å². The van der Waals surface area contributed by atoms with Crippen LogP contribution in [-0.4, -0.2) is 21.0 Å². The molecule has 0 amide bonds. The number of thiophene rings is 1. The van der Waals surface area contributed by atoms with Crippen molar-refractivity contribution >= 4 is 22.9 Å². The van der Waals surface area contributed by atoms with Gasteiger partial charge in [-0.1, -0.05) is 35.9 Å². The monoisotopic (exact) mass is 452 g/mol. The van der Waals surface area contributed by atoms with Gasteiger partial charge < -0.3 is 9.84 Å². The number of ether oxygens (including phenoxy) is 1. The number of hydrogen-bond acceptors (Lipinski definition) is 4. The third-order valence-electron chi connectivity index (χ3n) is 4.77. The average Bonchev–Trinajstić information content (AvgIpc) is 3.35. The number of hydrogen-bond donors (Lipinski definition) is 1. The molecule has 0 radical (unpaired) electrons. The van der Waals surface area contributed by atoms with Crippen molar-refractivity contribution in [2.24, 2.45) is 0 Å². The van der Waals surface area contributed by atoms with Crippen LogP contribution in [0.15, 0.2) is 66.7 Å². The Kier molecular flexibility index (Phi) is 5.93. The third-order valence-corrected chi connectivity index (χ3v) is 6.24. The molecule has 0 unspecified atom stereocenters. The van der Waals surface area contributed by atoms with E-state index in [9.17, 15) is 5.11 Å². The van der Waals surface area contributed by atoms with Crippen LogP contribution >= 0.6 is 22.9 Å². The zero-order valence-corrected chi connectivity index (χ0v) is 19.5. The Labute approximate surface area is 191 Å². The van der Waals surface area contributed by atoms with E-state index in [-0.39, 0.29) is 6.10 Å². The van der Waals surface area contributed by atoms with Crippen molar-refractivity contribution < 1.29 is 9.84 Å². The molecule has 6 heteroatoms. The Morgan fingerprint density at radius 2 is 1.74 bits per heavy atom. The van der Waals surface area contributed by atoms with Crippen LogP contribution in [0.4, 0.5) is 0 Å². The second-order valence-electron chi connectivity index (χ2n) is 8.20. The van der Waals surface area contributed by atoms with Crippen LogP contribution in [0, 0.1) is 0 Å². The molecule has 1 N–H and O–H groups in total. The summed E-state index contributed by atoms with van der Waals surface area (Å²) in [7, 11) is 0. The summed E-state index contributed by atoms with van der Waals surface area (Å²) in [6, 6.07) is 21.8. The van der Waals surface area contributed by atoms with Gasteiger partial charge in [-0.25, -0.2) is 4.68 Å². The van der Waals surface area contributed by atoms with Crippen molar-refractivity contribution in [3.8, 4) is 32.4 Å². The number of aromatic nitrogens is 2. The zero-order chi connectivity index (χ0) is 22.2. The largest absolute Gasteiger partial charge is 0.491 e. The molecule has 2 heterocycles. The second-order valence-corrected chi connectivity index (χ2v) is 9.69. The Bertz CT molecular complexity index is 1200. The summed E-state index contributed by atoms with van der Waals surface area (Å²) in [5.41, 5.74) is 2.28. The van der Waals surface area contributed by atoms with Gasteiger partial charge in [0, 0.05) is 4.88 Å². The topological polar surface area (TPSA) is 47.3 Å². The molecule has 160 valence electrons. The van der Waals surface area contributed by atoms with Crippen molar-refractivity contribution in [1.82, 2.24) is 9.78 Å². The first-order valence-electron chi connectivity index (χ1n) is 10.2. The van der Waals surface area contributed by atoms with Gasteiger partial charge in [-0.2, -0.15) is 5.10 Å². The maximum atomic E-state index is 10.6. The zero-order valence-electron chi connectivity index (χ0n) is 18.0. The van der Waals surface area contributed by atoms with Crippen LogP contribution < -0.4 is 4.74 Å². The Morgan fingerprint density at radius 3 is 2.45 bits per heavy atom. The molecule has 4 nitrogen and oxygen atoms in total. The summed E-state index contributed by atoms with van der Waals surface area (Å²) in [6.07, 6.45) is 0.124. The Morgan fingerprint density at radius 1 is 1.00 bits per heavy atom. The van der Waals surface area contributed by atoms with E-state index in [1.165, 1.54) is 0 Å². The lowest BCUT2D eigenvalue weighted by Crippen LogP contribution is -2.16. The van der Waals surface area contributed by atoms with E-state index < -0.39 is 5.60 Å². The lowest BCUT2D eigenvalue weighted by molar-refractivity contribution is 0.0734. The highest BCUT2D eigenvalue weighted by Gasteiger charge is 2.24. The number of rotatable bonds is 6. The average molecular weight is 453 g/mol. The van der Waals surface area contributed by atoms with E-state index in [0.717, 1.165) is 32.4 Å². The highest BCUT2D eigenvalue weighted by Crippen LogP contribution is 2.38. The van der Waals surface area contributed by atoms with Crippen LogP contribution in [0.1, 0.15) is 33.4 Å². The van der Waals surface area contributed by atoms with E-state index >= 15 is 0 Å². The van der Waals surface area contributed by atoms with E-state index in [4.69, 9.17) is 16.3 Å². The summed E-state index contributed by atoms with van der Waals surface area (Å²) in [5.74, 6) is 0.855. The summed E-state index contributed by atoms with van der Waals surface area (Å²) in [4.78, 5) is 2.16. The van der Waals surface area contributed by atoms with E-state index in [1.807, 2.05) is 61.0 Å². The number of para-hydroxylation sites is 1. The van der Waals surface area contributed by atoms with Gasteiger partial charge in [0.1, 0.15) is 11.4 Å². The molecule has 0 bridgehead atoms. The second kappa shape index (κ2) is 8.50. The summed E-state index contributed by atoms with van der Waals surface area (Å²) >= 11 is 8.13. The van der Waals surface area contributed by atoms with Gasteiger partial charge in [-0.15, -0.1) is 11.3 Å². The molecule has 0 aliphatic rings.